The van der Waals surface area contributed by atoms with Crippen molar-refractivity contribution in [3.05, 3.63) is 34.4 Å². The minimum absolute atomic E-state index is 0.00983. The van der Waals surface area contributed by atoms with Crippen LogP contribution in [-0.4, -0.2) is 23.0 Å². The fourth-order valence-electron chi connectivity index (χ4n) is 1.42. The van der Waals surface area contributed by atoms with Gasteiger partial charge in [0.05, 0.1) is 17.1 Å². The largest absolute Gasteiger partial charge is 0.494 e. The molecule has 0 fully saturated rings. The molecule has 1 unspecified atom stereocenters. The van der Waals surface area contributed by atoms with Gasteiger partial charge in [0.1, 0.15) is 5.75 Å². The van der Waals surface area contributed by atoms with E-state index < -0.39 is 16.4 Å². The lowest BCUT2D eigenvalue weighted by atomic mass is 9.97. The third kappa shape index (κ3) is 4.55. The Morgan fingerprint density at radius 3 is 2.47 bits per heavy atom. The highest BCUT2D eigenvalue weighted by Crippen LogP contribution is 2.18. The van der Waals surface area contributed by atoms with Crippen LogP contribution in [0, 0.1) is 10.1 Å². The molecule has 0 aliphatic heterocycles. The highest BCUT2D eigenvalue weighted by molar-refractivity contribution is 5.83. The lowest BCUT2D eigenvalue weighted by molar-refractivity contribution is -0.384. The zero-order valence-electron chi connectivity index (χ0n) is 10.7. The number of nitro groups is 1. The molecule has 0 saturated heterocycles. The highest BCUT2D eigenvalue weighted by atomic mass is 16.6. The number of nitro benzene ring substituents is 1. The zero-order chi connectivity index (χ0) is 14.5. The molecule has 0 saturated carbocycles. The maximum absolute atomic E-state index is 11.0. The standard InChI is InChI=1S/C12H17N3O4/c1-12(14,11(13)16)7-2-8-19-10-5-3-9(4-6-10)15(17)18/h3-6H,2,7-8,14H2,1H3,(H2,13,16). The molecule has 0 aliphatic rings. The maximum atomic E-state index is 11.0. The summed E-state index contributed by atoms with van der Waals surface area (Å²) >= 11 is 0. The van der Waals surface area contributed by atoms with Crippen molar-refractivity contribution < 1.29 is 14.5 Å². The van der Waals surface area contributed by atoms with Gasteiger partial charge in [-0.05, 0) is 31.9 Å². The van der Waals surface area contributed by atoms with E-state index in [1.807, 2.05) is 0 Å². The third-order valence-electron chi connectivity index (χ3n) is 2.72. The molecular weight excluding hydrogens is 250 g/mol. The number of carbonyl (C=O) groups excluding carboxylic acids is 1. The van der Waals surface area contributed by atoms with E-state index in [-0.39, 0.29) is 5.69 Å². The Morgan fingerprint density at radius 1 is 1.42 bits per heavy atom. The van der Waals surface area contributed by atoms with Crippen molar-refractivity contribution in [3.63, 3.8) is 0 Å². The predicted molar refractivity (Wildman–Crippen MR) is 69.6 cm³/mol. The summed E-state index contributed by atoms with van der Waals surface area (Å²) in [6.45, 7) is 1.93. The summed E-state index contributed by atoms with van der Waals surface area (Å²) in [5, 5.41) is 10.5. The first kappa shape index (κ1) is 14.9. The molecular formula is C12H17N3O4. The van der Waals surface area contributed by atoms with Crippen molar-refractivity contribution in [1.82, 2.24) is 0 Å². The van der Waals surface area contributed by atoms with Crippen molar-refractivity contribution >= 4 is 11.6 Å². The van der Waals surface area contributed by atoms with Gasteiger partial charge in [0.15, 0.2) is 0 Å². The van der Waals surface area contributed by atoms with E-state index >= 15 is 0 Å². The molecule has 104 valence electrons. The van der Waals surface area contributed by atoms with Gasteiger partial charge in [-0.1, -0.05) is 0 Å². The van der Waals surface area contributed by atoms with Crippen LogP contribution in [0.2, 0.25) is 0 Å². The minimum Gasteiger partial charge on any atom is -0.494 e. The molecule has 4 N–H and O–H groups in total. The number of nitrogens with two attached hydrogens (primary N) is 2. The lowest BCUT2D eigenvalue weighted by Gasteiger charge is -2.20. The first-order valence-corrected chi connectivity index (χ1v) is 5.79. The predicted octanol–water partition coefficient (Wildman–Crippen LogP) is 0.956. The second-order valence-corrected chi connectivity index (χ2v) is 4.48. The average molecular weight is 267 g/mol. The normalized spacial score (nSPS) is 13.6. The van der Waals surface area contributed by atoms with Crippen LogP contribution < -0.4 is 16.2 Å². The molecule has 1 rings (SSSR count). The first-order valence-electron chi connectivity index (χ1n) is 5.79. The zero-order valence-corrected chi connectivity index (χ0v) is 10.7. The number of primary amides is 1. The van der Waals surface area contributed by atoms with E-state index in [1.54, 1.807) is 6.92 Å². The molecule has 19 heavy (non-hydrogen) atoms. The summed E-state index contributed by atoms with van der Waals surface area (Å²) in [5.41, 5.74) is 9.79. The number of hydrogen-bond donors (Lipinski definition) is 2. The molecule has 0 heterocycles. The van der Waals surface area contributed by atoms with Crippen LogP contribution in [0.5, 0.6) is 5.75 Å². The quantitative estimate of drug-likeness (QED) is 0.433. The van der Waals surface area contributed by atoms with E-state index in [4.69, 9.17) is 16.2 Å². The monoisotopic (exact) mass is 267 g/mol. The van der Waals surface area contributed by atoms with Gasteiger partial charge in [0.2, 0.25) is 5.91 Å². The van der Waals surface area contributed by atoms with Gasteiger partial charge in [-0.3, -0.25) is 14.9 Å². The minimum atomic E-state index is -1.04. The number of non-ortho nitro benzene ring substituents is 1. The van der Waals surface area contributed by atoms with E-state index in [0.717, 1.165) is 0 Å². The van der Waals surface area contributed by atoms with Crippen molar-refractivity contribution in [1.29, 1.82) is 0 Å². The summed E-state index contributed by atoms with van der Waals surface area (Å²) in [6, 6.07) is 5.78. The SMILES string of the molecule is CC(N)(CCCOc1ccc([N+](=O)[O-])cc1)C(N)=O. The molecule has 1 atom stereocenters. The Morgan fingerprint density at radius 2 is 2.00 bits per heavy atom. The van der Waals surface area contributed by atoms with Crippen molar-refractivity contribution in [2.75, 3.05) is 6.61 Å². The second kappa shape index (κ2) is 6.14. The van der Waals surface area contributed by atoms with Crippen LogP contribution in [0.25, 0.3) is 0 Å². The van der Waals surface area contributed by atoms with Crippen LogP contribution >= 0.6 is 0 Å². The van der Waals surface area contributed by atoms with Crippen LogP contribution in [0.3, 0.4) is 0 Å². The summed E-state index contributed by atoms with van der Waals surface area (Å²) in [4.78, 5) is 21.0. The fraction of sp³-hybridized carbons (Fsp3) is 0.417. The number of benzene rings is 1. The fourth-order valence-corrected chi connectivity index (χ4v) is 1.42. The number of amides is 1. The summed E-state index contributed by atoms with van der Waals surface area (Å²) in [7, 11) is 0. The summed E-state index contributed by atoms with van der Waals surface area (Å²) in [6.07, 6.45) is 0.974. The van der Waals surface area contributed by atoms with E-state index in [1.165, 1.54) is 24.3 Å². The molecule has 0 aromatic heterocycles. The van der Waals surface area contributed by atoms with Gasteiger partial charge in [-0.15, -0.1) is 0 Å². The first-order chi connectivity index (χ1) is 8.83. The lowest BCUT2D eigenvalue weighted by Crippen LogP contribution is -2.49. The van der Waals surface area contributed by atoms with Gasteiger partial charge >= 0.3 is 0 Å². The van der Waals surface area contributed by atoms with Gasteiger partial charge in [0, 0.05) is 12.1 Å². The van der Waals surface area contributed by atoms with Crippen molar-refractivity contribution in [3.8, 4) is 5.75 Å². The number of hydrogen-bond acceptors (Lipinski definition) is 5. The Kier molecular flexibility index (Phi) is 4.82. The van der Waals surface area contributed by atoms with Crippen LogP contribution in [0.1, 0.15) is 19.8 Å². The number of ether oxygens (including phenoxy) is 1. The topological polar surface area (TPSA) is 121 Å². The molecule has 0 radical (unpaired) electrons. The summed E-state index contributed by atoms with van der Waals surface area (Å²) < 4.78 is 5.39. The van der Waals surface area contributed by atoms with Crippen LogP contribution in [-0.2, 0) is 4.79 Å². The number of carbonyl (C=O) groups is 1. The molecule has 1 amide bonds. The smallest absolute Gasteiger partial charge is 0.269 e. The average Bonchev–Trinajstić information content (AvgIpc) is 2.35. The second-order valence-electron chi connectivity index (χ2n) is 4.48. The molecule has 1 aromatic rings. The Balaban J connectivity index is 2.38. The highest BCUT2D eigenvalue weighted by Gasteiger charge is 2.24. The Hall–Kier alpha value is -2.15. The van der Waals surface area contributed by atoms with Gasteiger partial charge in [-0.25, -0.2) is 0 Å². The molecule has 0 bridgehead atoms. The Bertz CT molecular complexity index is 457. The van der Waals surface area contributed by atoms with Crippen LogP contribution in [0.4, 0.5) is 5.69 Å². The molecule has 0 spiro atoms. The molecule has 7 heteroatoms. The molecule has 0 aliphatic carbocycles. The molecule has 1 aromatic carbocycles. The van der Waals surface area contributed by atoms with E-state index in [0.29, 0.717) is 25.2 Å². The van der Waals surface area contributed by atoms with E-state index in [9.17, 15) is 14.9 Å². The van der Waals surface area contributed by atoms with Crippen molar-refractivity contribution in [2.45, 2.75) is 25.3 Å². The van der Waals surface area contributed by atoms with Crippen molar-refractivity contribution in [2.24, 2.45) is 11.5 Å². The Labute approximate surface area is 110 Å². The molecule has 7 nitrogen and oxygen atoms in total. The van der Waals surface area contributed by atoms with Gasteiger partial charge < -0.3 is 16.2 Å². The van der Waals surface area contributed by atoms with E-state index in [2.05, 4.69) is 0 Å². The van der Waals surface area contributed by atoms with Crippen LogP contribution in [0.15, 0.2) is 24.3 Å². The van der Waals surface area contributed by atoms with Gasteiger partial charge in [-0.2, -0.15) is 0 Å². The number of rotatable bonds is 7. The number of nitrogens with zero attached hydrogens (tertiary/aromatic N) is 1. The summed E-state index contributed by atoms with van der Waals surface area (Å²) in [5.74, 6) is -0.0220. The van der Waals surface area contributed by atoms with Gasteiger partial charge in [0.25, 0.3) is 5.69 Å². The maximum Gasteiger partial charge on any atom is 0.269 e. The third-order valence-corrected chi connectivity index (χ3v) is 2.72.